The van der Waals surface area contributed by atoms with Crippen LogP contribution in [0.1, 0.15) is 51.9 Å². The third kappa shape index (κ3) is 5.49. The van der Waals surface area contributed by atoms with E-state index in [4.69, 9.17) is 15.9 Å². The SMILES string of the molecule is C#CCNC(=O)C1=C[C@@H](C2CCCCC2)[C@H](CCCO)[C@@H](OCC)O1. The van der Waals surface area contributed by atoms with Crippen molar-refractivity contribution in [3.05, 3.63) is 11.8 Å². The highest BCUT2D eigenvalue weighted by Gasteiger charge is 2.40. The van der Waals surface area contributed by atoms with E-state index in [0.29, 0.717) is 24.7 Å². The number of carbonyl (C=O) groups excluding carboxylic acids is 1. The summed E-state index contributed by atoms with van der Waals surface area (Å²) in [6.07, 6.45) is 14.4. The summed E-state index contributed by atoms with van der Waals surface area (Å²) < 4.78 is 11.7. The molecule has 5 nitrogen and oxygen atoms in total. The Kier molecular flexibility index (Phi) is 8.30. The summed E-state index contributed by atoms with van der Waals surface area (Å²) in [6, 6.07) is 0. The molecule has 5 heteroatoms. The van der Waals surface area contributed by atoms with E-state index in [2.05, 4.69) is 11.2 Å². The highest BCUT2D eigenvalue weighted by atomic mass is 16.7. The Labute approximate surface area is 151 Å². The van der Waals surface area contributed by atoms with Crippen LogP contribution in [0.4, 0.5) is 0 Å². The Morgan fingerprint density at radius 3 is 2.84 bits per heavy atom. The van der Waals surface area contributed by atoms with Crippen molar-refractivity contribution in [3.8, 4) is 12.3 Å². The lowest BCUT2D eigenvalue weighted by Gasteiger charge is -2.41. The van der Waals surface area contributed by atoms with E-state index >= 15 is 0 Å². The Balaban J connectivity index is 2.23. The second-order valence-electron chi connectivity index (χ2n) is 6.86. The first-order valence-corrected chi connectivity index (χ1v) is 9.53. The second-order valence-corrected chi connectivity index (χ2v) is 6.86. The van der Waals surface area contributed by atoms with Crippen molar-refractivity contribution < 1.29 is 19.4 Å². The van der Waals surface area contributed by atoms with Crippen molar-refractivity contribution in [1.29, 1.82) is 0 Å². The minimum absolute atomic E-state index is 0.159. The van der Waals surface area contributed by atoms with Crippen LogP contribution in [0.5, 0.6) is 0 Å². The Morgan fingerprint density at radius 1 is 1.44 bits per heavy atom. The molecule has 0 aromatic carbocycles. The van der Waals surface area contributed by atoms with Crippen molar-refractivity contribution in [1.82, 2.24) is 5.32 Å². The maximum Gasteiger partial charge on any atom is 0.286 e. The number of ether oxygens (including phenoxy) is 2. The molecule has 2 N–H and O–H groups in total. The highest BCUT2D eigenvalue weighted by Crippen LogP contribution is 2.42. The van der Waals surface area contributed by atoms with Gasteiger partial charge in [-0.1, -0.05) is 25.2 Å². The summed E-state index contributed by atoms with van der Waals surface area (Å²) in [6.45, 7) is 2.79. The normalized spacial score (nSPS) is 27.1. The molecular formula is C20H31NO4. The Hall–Kier alpha value is -1.51. The van der Waals surface area contributed by atoms with Gasteiger partial charge in [-0.2, -0.15) is 0 Å². The van der Waals surface area contributed by atoms with E-state index in [-0.39, 0.29) is 30.9 Å². The predicted molar refractivity (Wildman–Crippen MR) is 96.3 cm³/mol. The predicted octanol–water partition coefficient (Wildman–Crippen LogP) is 2.60. The molecule has 0 aromatic rings. The molecule has 1 aliphatic carbocycles. The van der Waals surface area contributed by atoms with Gasteiger partial charge in [-0.05, 0) is 50.5 Å². The molecule has 0 bridgehead atoms. The van der Waals surface area contributed by atoms with E-state index in [9.17, 15) is 9.90 Å². The van der Waals surface area contributed by atoms with Gasteiger partial charge in [0.25, 0.3) is 5.91 Å². The number of terminal acetylenes is 1. The quantitative estimate of drug-likeness (QED) is 0.661. The summed E-state index contributed by atoms with van der Waals surface area (Å²) in [5, 5.41) is 11.9. The van der Waals surface area contributed by atoms with Crippen LogP contribution in [0.2, 0.25) is 0 Å². The number of aliphatic hydroxyl groups excluding tert-OH is 1. The van der Waals surface area contributed by atoms with Crippen molar-refractivity contribution in [2.45, 2.75) is 58.2 Å². The average Bonchev–Trinajstić information content (AvgIpc) is 2.65. The molecule has 140 valence electrons. The van der Waals surface area contributed by atoms with Gasteiger partial charge in [0.2, 0.25) is 6.29 Å². The summed E-state index contributed by atoms with van der Waals surface area (Å²) in [5.41, 5.74) is 0. The number of hydrogen-bond acceptors (Lipinski definition) is 4. The molecule has 0 spiro atoms. The van der Waals surface area contributed by atoms with Crippen molar-refractivity contribution >= 4 is 5.91 Å². The van der Waals surface area contributed by atoms with Gasteiger partial charge in [-0.25, -0.2) is 0 Å². The molecule has 25 heavy (non-hydrogen) atoms. The van der Waals surface area contributed by atoms with Crippen molar-refractivity contribution in [3.63, 3.8) is 0 Å². The molecule has 0 aromatic heterocycles. The fraction of sp³-hybridized carbons (Fsp3) is 0.750. The van der Waals surface area contributed by atoms with E-state index in [1.165, 1.54) is 32.1 Å². The second kappa shape index (κ2) is 10.5. The molecule has 2 rings (SSSR count). The number of allylic oxidation sites excluding steroid dienone is 1. The molecule has 2 aliphatic rings. The fourth-order valence-corrected chi connectivity index (χ4v) is 4.06. The van der Waals surface area contributed by atoms with Crippen LogP contribution in [-0.2, 0) is 14.3 Å². The first kappa shape index (κ1) is 19.8. The highest BCUT2D eigenvalue weighted by molar-refractivity contribution is 5.91. The molecule has 1 amide bonds. The number of hydrogen-bond donors (Lipinski definition) is 2. The van der Waals surface area contributed by atoms with Crippen LogP contribution in [-0.4, -0.2) is 37.1 Å². The minimum atomic E-state index is -0.444. The zero-order chi connectivity index (χ0) is 18.1. The molecule has 1 fully saturated rings. The first-order chi connectivity index (χ1) is 12.2. The molecule has 0 saturated heterocycles. The first-order valence-electron chi connectivity index (χ1n) is 9.53. The lowest BCUT2D eigenvalue weighted by Crippen LogP contribution is -2.42. The summed E-state index contributed by atoms with van der Waals surface area (Å²) in [5.74, 6) is 3.41. The minimum Gasteiger partial charge on any atom is -0.459 e. The molecular weight excluding hydrogens is 318 g/mol. The molecule has 0 radical (unpaired) electrons. The number of amides is 1. The van der Waals surface area contributed by atoms with Gasteiger partial charge in [0.15, 0.2) is 5.76 Å². The Bertz CT molecular complexity index is 490. The van der Waals surface area contributed by atoms with Crippen LogP contribution >= 0.6 is 0 Å². The molecule has 1 aliphatic heterocycles. The monoisotopic (exact) mass is 349 g/mol. The standard InChI is InChI=1S/C20H31NO4/c1-3-12-21-19(23)18-14-17(15-9-6-5-7-10-15)16(11-8-13-22)20(25-18)24-4-2/h1,14-17,20,22H,4-13H2,2H3,(H,21,23)/t16-,17-,20-/m0/s1. The third-order valence-corrected chi connectivity index (χ3v) is 5.23. The zero-order valence-electron chi connectivity index (χ0n) is 15.2. The van der Waals surface area contributed by atoms with Crippen LogP contribution in [0, 0.1) is 30.1 Å². The lowest BCUT2D eigenvalue weighted by atomic mass is 9.71. The fourth-order valence-electron chi connectivity index (χ4n) is 4.06. The van der Waals surface area contributed by atoms with Gasteiger partial charge in [0, 0.05) is 19.1 Å². The summed E-state index contributed by atoms with van der Waals surface area (Å²) >= 11 is 0. The molecule has 3 atom stereocenters. The van der Waals surface area contributed by atoms with E-state index in [1.54, 1.807) is 0 Å². The van der Waals surface area contributed by atoms with Crippen LogP contribution in [0.25, 0.3) is 0 Å². The third-order valence-electron chi connectivity index (χ3n) is 5.23. The van der Waals surface area contributed by atoms with Gasteiger partial charge in [-0.15, -0.1) is 6.42 Å². The smallest absolute Gasteiger partial charge is 0.286 e. The topological polar surface area (TPSA) is 67.8 Å². The summed E-state index contributed by atoms with van der Waals surface area (Å²) in [4.78, 5) is 12.4. The van der Waals surface area contributed by atoms with E-state index < -0.39 is 6.29 Å². The summed E-state index contributed by atoms with van der Waals surface area (Å²) in [7, 11) is 0. The van der Waals surface area contributed by atoms with Gasteiger partial charge >= 0.3 is 0 Å². The number of carbonyl (C=O) groups is 1. The van der Waals surface area contributed by atoms with Gasteiger partial charge in [0.1, 0.15) is 0 Å². The number of nitrogens with one attached hydrogen (secondary N) is 1. The van der Waals surface area contributed by atoms with Crippen LogP contribution in [0.3, 0.4) is 0 Å². The zero-order valence-corrected chi connectivity index (χ0v) is 15.2. The maximum atomic E-state index is 12.4. The molecule has 0 unspecified atom stereocenters. The molecule has 1 saturated carbocycles. The van der Waals surface area contributed by atoms with E-state index in [1.807, 2.05) is 13.0 Å². The van der Waals surface area contributed by atoms with Gasteiger partial charge < -0.3 is 19.9 Å². The van der Waals surface area contributed by atoms with Crippen molar-refractivity contribution in [2.75, 3.05) is 19.8 Å². The maximum absolute atomic E-state index is 12.4. The lowest BCUT2D eigenvalue weighted by molar-refractivity contribution is -0.176. The van der Waals surface area contributed by atoms with E-state index in [0.717, 1.165) is 6.42 Å². The Morgan fingerprint density at radius 2 is 2.20 bits per heavy atom. The number of aliphatic hydroxyl groups is 1. The van der Waals surface area contributed by atoms with Gasteiger partial charge in [0.05, 0.1) is 6.54 Å². The van der Waals surface area contributed by atoms with Crippen LogP contribution in [0.15, 0.2) is 11.8 Å². The number of rotatable bonds is 8. The van der Waals surface area contributed by atoms with Crippen LogP contribution < -0.4 is 5.32 Å². The van der Waals surface area contributed by atoms with Gasteiger partial charge in [-0.3, -0.25) is 4.79 Å². The van der Waals surface area contributed by atoms with Crippen molar-refractivity contribution in [2.24, 2.45) is 17.8 Å². The largest absolute Gasteiger partial charge is 0.459 e. The average molecular weight is 349 g/mol. The molecule has 1 heterocycles.